The fraction of sp³-hybridized carbons (Fsp3) is 0.269. The van der Waals surface area contributed by atoms with Crippen molar-refractivity contribution in [3.8, 4) is 11.5 Å². The van der Waals surface area contributed by atoms with Gasteiger partial charge in [-0.1, -0.05) is 18.2 Å². The van der Waals surface area contributed by atoms with Crippen molar-refractivity contribution in [1.82, 2.24) is 10.2 Å². The third-order valence-electron chi connectivity index (χ3n) is 6.17. The fourth-order valence-corrected chi connectivity index (χ4v) is 4.30. The average Bonchev–Trinajstić information content (AvgIpc) is 3.59. The number of benzene rings is 2. The van der Waals surface area contributed by atoms with Gasteiger partial charge in [0.15, 0.2) is 11.5 Å². The Bertz CT molecular complexity index is 1240. The van der Waals surface area contributed by atoms with Crippen LogP contribution in [0.25, 0.3) is 0 Å². The van der Waals surface area contributed by atoms with Crippen LogP contribution >= 0.6 is 0 Å². The van der Waals surface area contributed by atoms with E-state index < -0.39 is 0 Å². The number of rotatable bonds is 6. The third-order valence-corrected chi connectivity index (χ3v) is 6.17. The summed E-state index contributed by atoms with van der Waals surface area (Å²) < 4.78 is 15.7. The summed E-state index contributed by atoms with van der Waals surface area (Å²) in [7, 11) is 0. The van der Waals surface area contributed by atoms with Crippen LogP contribution in [0.3, 0.4) is 0 Å². The van der Waals surface area contributed by atoms with E-state index in [1.807, 2.05) is 18.2 Å². The summed E-state index contributed by atoms with van der Waals surface area (Å²) >= 11 is 0. The van der Waals surface area contributed by atoms with E-state index in [1.165, 1.54) is 12.5 Å². The summed E-state index contributed by atoms with van der Waals surface area (Å²) in [6.07, 6.45) is 4.25. The van der Waals surface area contributed by atoms with E-state index in [2.05, 4.69) is 10.6 Å². The van der Waals surface area contributed by atoms with Crippen molar-refractivity contribution in [2.75, 3.05) is 25.2 Å². The number of likely N-dealkylation sites (tertiary alicyclic amines) is 1. The highest BCUT2D eigenvalue weighted by Gasteiger charge is 2.30. The number of piperidine rings is 1. The van der Waals surface area contributed by atoms with Crippen LogP contribution < -0.4 is 20.1 Å². The number of anilines is 1. The molecule has 3 aromatic rings. The van der Waals surface area contributed by atoms with Crippen molar-refractivity contribution >= 4 is 23.4 Å². The zero-order chi connectivity index (χ0) is 24.2. The molecule has 1 atom stereocenters. The van der Waals surface area contributed by atoms with Crippen molar-refractivity contribution in [2.24, 2.45) is 5.92 Å². The first kappa shape index (κ1) is 22.5. The molecule has 3 heterocycles. The number of furan rings is 1. The molecule has 35 heavy (non-hydrogen) atoms. The van der Waals surface area contributed by atoms with Gasteiger partial charge in [0.2, 0.25) is 12.7 Å². The number of ether oxygens (including phenoxy) is 2. The van der Waals surface area contributed by atoms with E-state index in [9.17, 15) is 14.4 Å². The summed E-state index contributed by atoms with van der Waals surface area (Å²) in [5.41, 5.74) is 2.13. The Hall–Kier alpha value is -4.27. The first-order valence-corrected chi connectivity index (χ1v) is 11.5. The van der Waals surface area contributed by atoms with Crippen LogP contribution in [0.4, 0.5) is 5.69 Å². The number of carbonyl (C=O) groups excluding carboxylic acids is 3. The molecule has 3 amide bonds. The van der Waals surface area contributed by atoms with Crippen LogP contribution in [0.1, 0.15) is 39.1 Å². The summed E-state index contributed by atoms with van der Waals surface area (Å²) in [5, 5.41) is 5.78. The molecule has 0 spiro atoms. The molecule has 0 bridgehead atoms. The van der Waals surface area contributed by atoms with Crippen molar-refractivity contribution in [2.45, 2.75) is 19.4 Å². The van der Waals surface area contributed by atoms with Crippen LogP contribution in [-0.4, -0.2) is 42.5 Å². The van der Waals surface area contributed by atoms with E-state index in [4.69, 9.17) is 13.9 Å². The number of fused-ring (bicyclic) bond motifs is 1. The largest absolute Gasteiger partial charge is 0.472 e. The third kappa shape index (κ3) is 4.98. The molecule has 1 unspecified atom stereocenters. The average molecular weight is 476 g/mol. The minimum atomic E-state index is -0.371. The van der Waals surface area contributed by atoms with Gasteiger partial charge in [0.25, 0.3) is 11.8 Å². The molecule has 2 aliphatic heterocycles. The molecule has 2 aromatic carbocycles. The molecule has 180 valence electrons. The van der Waals surface area contributed by atoms with Crippen molar-refractivity contribution in [3.63, 3.8) is 0 Å². The molecule has 2 N–H and O–H groups in total. The Labute approximate surface area is 202 Å². The van der Waals surface area contributed by atoms with Crippen LogP contribution in [0.2, 0.25) is 0 Å². The van der Waals surface area contributed by atoms with Gasteiger partial charge < -0.3 is 29.4 Å². The molecule has 5 rings (SSSR count). The number of nitrogens with one attached hydrogen (secondary N) is 2. The van der Waals surface area contributed by atoms with Gasteiger partial charge in [-0.2, -0.15) is 0 Å². The SMILES string of the molecule is O=C(NCc1ccc2c(c1)OCO2)c1ccccc1NC(=O)C1CCCN(C(=O)c2ccoc2)C1. The molecule has 0 radical (unpaired) electrons. The van der Waals surface area contributed by atoms with E-state index in [-0.39, 0.29) is 30.4 Å². The van der Waals surface area contributed by atoms with Gasteiger partial charge >= 0.3 is 0 Å². The summed E-state index contributed by atoms with van der Waals surface area (Å²) in [6.45, 7) is 1.39. The maximum absolute atomic E-state index is 13.1. The lowest BCUT2D eigenvalue weighted by molar-refractivity contribution is -0.121. The maximum atomic E-state index is 13.1. The highest BCUT2D eigenvalue weighted by atomic mass is 16.7. The standard InChI is InChI=1S/C26H25N3O6/c30-24(18-4-3-10-29(14-18)26(32)19-9-11-33-15-19)28-21-6-2-1-5-20(21)25(31)27-13-17-7-8-22-23(12-17)35-16-34-22/h1-2,5-9,11-12,15,18H,3-4,10,13-14,16H2,(H,27,31)(H,28,30). The molecule has 9 heteroatoms. The van der Waals surface area contributed by atoms with E-state index in [1.54, 1.807) is 35.2 Å². The van der Waals surface area contributed by atoms with Gasteiger partial charge in [0.05, 0.1) is 29.0 Å². The second kappa shape index (κ2) is 9.92. The molecule has 1 aromatic heterocycles. The van der Waals surface area contributed by atoms with Gasteiger partial charge in [-0.15, -0.1) is 0 Å². The Morgan fingerprint density at radius 3 is 2.74 bits per heavy atom. The lowest BCUT2D eigenvalue weighted by Gasteiger charge is -2.32. The van der Waals surface area contributed by atoms with Gasteiger partial charge in [-0.05, 0) is 48.7 Å². The monoisotopic (exact) mass is 475 g/mol. The van der Waals surface area contributed by atoms with Crippen molar-refractivity contribution < 1.29 is 28.3 Å². The number of amides is 3. The molecule has 9 nitrogen and oxygen atoms in total. The maximum Gasteiger partial charge on any atom is 0.257 e. The smallest absolute Gasteiger partial charge is 0.257 e. The number of carbonyl (C=O) groups is 3. The minimum absolute atomic E-state index is 0.153. The number of para-hydroxylation sites is 1. The quantitative estimate of drug-likeness (QED) is 0.565. The van der Waals surface area contributed by atoms with Crippen molar-refractivity contribution in [3.05, 3.63) is 77.7 Å². The molecule has 0 saturated carbocycles. The molecule has 1 fully saturated rings. The van der Waals surface area contributed by atoms with E-state index >= 15 is 0 Å². The molecular formula is C26H25N3O6. The van der Waals surface area contributed by atoms with Gasteiger partial charge in [0.1, 0.15) is 6.26 Å². The molecule has 0 aliphatic carbocycles. The first-order chi connectivity index (χ1) is 17.1. The van der Waals surface area contributed by atoms with Crippen LogP contribution in [-0.2, 0) is 11.3 Å². The molecule has 1 saturated heterocycles. The first-order valence-electron chi connectivity index (χ1n) is 11.5. The normalized spacial score (nSPS) is 16.6. The molecule has 2 aliphatic rings. The van der Waals surface area contributed by atoms with Crippen LogP contribution in [0, 0.1) is 5.92 Å². The lowest BCUT2D eigenvalue weighted by Crippen LogP contribution is -2.43. The predicted molar refractivity (Wildman–Crippen MR) is 126 cm³/mol. The van der Waals surface area contributed by atoms with Crippen LogP contribution in [0.15, 0.2) is 65.5 Å². The Morgan fingerprint density at radius 1 is 1.03 bits per heavy atom. The topological polar surface area (TPSA) is 110 Å². The Kier molecular flexibility index (Phi) is 6.38. The molecular weight excluding hydrogens is 450 g/mol. The summed E-state index contributed by atoms with van der Waals surface area (Å²) in [4.78, 5) is 40.3. The van der Waals surface area contributed by atoms with E-state index in [0.29, 0.717) is 54.4 Å². The zero-order valence-corrected chi connectivity index (χ0v) is 19.0. The summed E-state index contributed by atoms with van der Waals surface area (Å²) in [6, 6.07) is 14.0. The minimum Gasteiger partial charge on any atom is -0.472 e. The second-order valence-corrected chi connectivity index (χ2v) is 8.51. The fourth-order valence-electron chi connectivity index (χ4n) is 4.30. The number of nitrogens with zero attached hydrogens (tertiary/aromatic N) is 1. The second-order valence-electron chi connectivity index (χ2n) is 8.51. The van der Waals surface area contributed by atoms with Crippen molar-refractivity contribution in [1.29, 1.82) is 0 Å². The predicted octanol–water partition coefficient (Wildman–Crippen LogP) is 3.43. The van der Waals surface area contributed by atoms with Crippen LogP contribution in [0.5, 0.6) is 11.5 Å². The number of hydrogen-bond acceptors (Lipinski definition) is 6. The Morgan fingerprint density at radius 2 is 1.89 bits per heavy atom. The van der Waals surface area contributed by atoms with E-state index in [0.717, 1.165) is 12.0 Å². The number of hydrogen-bond donors (Lipinski definition) is 2. The zero-order valence-electron chi connectivity index (χ0n) is 19.0. The lowest BCUT2D eigenvalue weighted by atomic mass is 9.96. The highest BCUT2D eigenvalue weighted by molar-refractivity contribution is 6.04. The highest BCUT2D eigenvalue weighted by Crippen LogP contribution is 2.32. The van der Waals surface area contributed by atoms with Gasteiger partial charge in [-0.25, -0.2) is 0 Å². The summed E-state index contributed by atoms with van der Waals surface area (Å²) in [5.74, 6) is 0.284. The van der Waals surface area contributed by atoms with Gasteiger partial charge in [0, 0.05) is 19.6 Å². The van der Waals surface area contributed by atoms with Gasteiger partial charge in [-0.3, -0.25) is 14.4 Å². The Balaban J connectivity index is 1.22.